The van der Waals surface area contributed by atoms with Crippen molar-refractivity contribution in [2.75, 3.05) is 19.7 Å². The molecule has 0 saturated carbocycles. The fourth-order valence-electron chi connectivity index (χ4n) is 1.73. The van der Waals surface area contributed by atoms with Gasteiger partial charge in [-0.15, -0.1) is 0 Å². The van der Waals surface area contributed by atoms with E-state index >= 15 is 0 Å². The second-order valence-electron chi connectivity index (χ2n) is 3.95. The van der Waals surface area contributed by atoms with Gasteiger partial charge in [-0.05, 0) is 26.7 Å². The van der Waals surface area contributed by atoms with Gasteiger partial charge in [0.25, 0.3) is 0 Å². The molecule has 0 aromatic heterocycles. The summed E-state index contributed by atoms with van der Waals surface area (Å²) in [4.78, 5) is 35.9. The zero-order valence-corrected chi connectivity index (χ0v) is 10.2. The van der Waals surface area contributed by atoms with Crippen molar-refractivity contribution in [2.24, 2.45) is 0 Å². The molecule has 1 aliphatic rings. The molecule has 17 heavy (non-hydrogen) atoms. The van der Waals surface area contributed by atoms with E-state index in [1.54, 1.807) is 18.7 Å². The van der Waals surface area contributed by atoms with E-state index in [2.05, 4.69) is 10.1 Å². The third-order valence-electron chi connectivity index (χ3n) is 2.60. The molecule has 0 aromatic rings. The van der Waals surface area contributed by atoms with Crippen molar-refractivity contribution in [3.05, 3.63) is 0 Å². The summed E-state index contributed by atoms with van der Waals surface area (Å²) in [5.41, 5.74) is 0. The lowest BCUT2D eigenvalue weighted by molar-refractivity contribution is -0.155. The maximum atomic E-state index is 11.8. The van der Waals surface area contributed by atoms with Crippen LogP contribution in [0.4, 0.5) is 0 Å². The molecular weight excluding hydrogens is 224 g/mol. The molecular formula is C11H18N2O4. The Balaban J connectivity index is 2.42. The summed E-state index contributed by atoms with van der Waals surface area (Å²) < 4.78 is 4.53. The Labute approximate surface area is 100 Å². The van der Waals surface area contributed by atoms with Gasteiger partial charge in [0.1, 0.15) is 6.04 Å². The average molecular weight is 242 g/mol. The standard InChI is InChI=1S/C11H18N2O4/c1-3-17-11(16)9(14)12-8(2)10(15)13-6-4-5-7-13/h8H,3-7H2,1-2H3,(H,12,14). The van der Waals surface area contributed by atoms with Gasteiger partial charge >= 0.3 is 11.9 Å². The Hall–Kier alpha value is -1.59. The fourth-order valence-corrected chi connectivity index (χ4v) is 1.73. The van der Waals surface area contributed by atoms with Crippen molar-refractivity contribution in [3.63, 3.8) is 0 Å². The summed E-state index contributed by atoms with van der Waals surface area (Å²) in [6.07, 6.45) is 1.98. The molecule has 1 fully saturated rings. The van der Waals surface area contributed by atoms with Crippen LogP contribution in [0.3, 0.4) is 0 Å². The normalized spacial score (nSPS) is 16.5. The first-order valence-corrected chi connectivity index (χ1v) is 5.82. The van der Waals surface area contributed by atoms with E-state index in [1.165, 1.54) is 0 Å². The smallest absolute Gasteiger partial charge is 0.396 e. The minimum atomic E-state index is -0.950. The van der Waals surface area contributed by atoms with Gasteiger partial charge in [0.15, 0.2) is 0 Å². The molecule has 1 heterocycles. The topological polar surface area (TPSA) is 75.7 Å². The summed E-state index contributed by atoms with van der Waals surface area (Å²) in [6.45, 7) is 4.76. The summed E-state index contributed by atoms with van der Waals surface area (Å²) in [7, 11) is 0. The van der Waals surface area contributed by atoms with Crippen LogP contribution in [0.25, 0.3) is 0 Å². The number of nitrogens with one attached hydrogen (secondary N) is 1. The predicted molar refractivity (Wildman–Crippen MR) is 60.1 cm³/mol. The number of ether oxygens (including phenoxy) is 1. The Kier molecular flexibility index (Phi) is 4.93. The lowest BCUT2D eigenvalue weighted by Crippen LogP contribution is -2.48. The third-order valence-corrected chi connectivity index (χ3v) is 2.60. The SMILES string of the molecule is CCOC(=O)C(=O)NC(C)C(=O)N1CCCC1. The Bertz CT molecular complexity index is 311. The lowest BCUT2D eigenvalue weighted by atomic mass is 10.3. The maximum absolute atomic E-state index is 11.8. The van der Waals surface area contributed by atoms with Crippen LogP contribution in [0.2, 0.25) is 0 Å². The van der Waals surface area contributed by atoms with Crippen LogP contribution in [0.15, 0.2) is 0 Å². The van der Waals surface area contributed by atoms with E-state index in [-0.39, 0.29) is 12.5 Å². The second kappa shape index (κ2) is 6.22. The van der Waals surface area contributed by atoms with E-state index < -0.39 is 17.9 Å². The number of amides is 2. The van der Waals surface area contributed by atoms with Crippen molar-refractivity contribution in [1.29, 1.82) is 0 Å². The van der Waals surface area contributed by atoms with Gasteiger partial charge in [-0.1, -0.05) is 0 Å². The van der Waals surface area contributed by atoms with Crippen LogP contribution < -0.4 is 5.32 Å². The summed E-state index contributed by atoms with van der Waals surface area (Å²) >= 11 is 0. The summed E-state index contributed by atoms with van der Waals surface area (Å²) in [6, 6.07) is -0.690. The Morgan fingerprint density at radius 1 is 1.29 bits per heavy atom. The third kappa shape index (κ3) is 3.72. The van der Waals surface area contributed by atoms with Crippen molar-refractivity contribution in [1.82, 2.24) is 10.2 Å². The monoisotopic (exact) mass is 242 g/mol. The van der Waals surface area contributed by atoms with Gasteiger partial charge in [0.2, 0.25) is 5.91 Å². The number of rotatable bonds is 3. The molecule has 1 N–H and O–H groups in total. The first kappa shape index (κ1) is 13.5. The molecule has 0 aromatic carbocycles. The van der Waals surface area contributed by atoms with E-state index in [9.17, 15) is 14.4 Å². The highest BCUT2D eigenvalue weighted by Gasteiger charge is 2.26. The molecule has 0 radical (unpaired) electrons. The molecule has 1 aliphatic heterocycles. The summed E-state index contributed by atoms with van der Waals surface area (Å²) in [5.74, 6) is -1.97. The van der Waals surface area contributed by atoms with Crippen molar-refractivity contribution >= 4 is 17.8 Å². The van der Waals surface area contributed by atoms with E-state index in [0.717, 1.165) is 25.9 Å². The van der Waals surface area contributed by atoms with Crippen LogP contribution in [-0.2, 0) is 19.1 Å². The number of carbonyl (C=O) groups is 3. The predicted octanol–water partition coefficient (Wildman–Crippen LogP) is -0.323. The molecule has 1 rings (SSSR count). The van der Waals surface area contributed by atoms with E-state index in [0.29, 0.717) is 0 Å². The minimum Gasteiger partial charge on any atom is -0.459 e. The minimum absolute atomic E-state index is 0.140. The van der Waals surface area contributed by atoms with Gasteiger partial charge in [-0.2, -0.15) is 0 Å². The summed E-state index contributed by atoms with van der Waals surface area (Å²) in [5, 5.41) is 2.34. The first-order valence-electron chi connectivity index (χ1n) is 5.82. The van der Waals surface area contributed by atoms with Gasteiger partial charge in [0, 0.05) is 13.1 Å². The van der Waals surface area contributed by atoms with Crippen molar-refractivity contribution < 1.29 is 19.1 Å². The van der Waals surface area contributed by atoms with Crippen molar-refractivity contribution in [3.8, 4) is 0 Å². The fraction of sp³-hybridized carbons (Fsp3) is 0.727. The molecule has 96 valence electrons. The van der Waals surface area contributed by atoms with Gasteiger partial charge in [-0.25, -0.2) is 4.79 Å². The number of hydrogen-bond acceptors (Lipinski definition) is 4. The van der Waals surface area contributed by atoms with Gasteiger partial charge < -0.3 is 15.0 Å². The zero-order chi connectivity index (χ0) is 12.8. The zero-order valence-electron chi connectivity index (χ0n) is 10.2. The van der Waals surface area contributed by atoms with E-state index in [1.807, 2.05) is 0 Å². The van der Waals surface area contributed by atoms with Crippen LogP contribution in [0, 0.1) is 0 Å². The van der Waals surface area contributed by atoms with Gasteiger partial charge in [-0.3, -0.25) is 9.59 Å². The van der Waals surface area contributed by atoms with Gasteiger partial charge in [0.05, 0.1) is 6.61 Å². The molecule has 1 unspecified atom stereocenters. The van der Waals surface area contributed by atoms with Crippen molar-refractivity contribution in [2.45, 2.75) is 32.7 Å². The van der Waals surface area contributed by atoms with Crippen LogP contribution in [0.1, 0.15) is 26.7 Å². The molecule has 0 aliphatic carbocycles. The molecule has 6 heteroatoms. The number of esters is 1. The number of hydrogen-bond donors (Lipinski definition) is 1. The van der Waals surface area contributed by atoms with E-state index in [4.69, 9.17) is 0 Å². The number of likely N-dealkylation sites (tertiary alicyclic amines) is 1. The molecule has 6 nitrogen and oxygen atoms in total. The first-order chi connectivity index (χ1) is 8.06. The largest absolute Gasteiger partial charge is 0.459 e. The number of carbonyl (C=O) groups excluding carboxylic acids is 3. The Morgan fingerprint density at radius 3 is 2.41 bits per heavy atom. The molecule has 0 spiro atoms. The highest BCUT2D eigenvalue weighted by molar-refractivity contribution is 6.32. The number of nitrogens with zero attached hydrogens (tertiary/aromatic N) is 1. The van der Waals surface area contributed by atoms with Crippen LogP contribution in [-0.4, -0.2) is 48.4 Å². The highest BCUT2D eigenvalue weighted by atomic mass is 16.5. The second-order valence-corrected chi connectivity index (χ2v) is 3.95. The maximum Gasteiger partial charge on any atom is 0.396 e. The molecule has 2 amide bonds. The Morgan fingerprint density at radius 2 is 1.88 bits per heavy atom. The molecule has 0 bridgehead atoms. The molecule has 1 atom stereocenters. The molecule has 1 saturated heterocycles. The van der Waals surface area contributed by atoms with Crippen LogP contribution >= 0.6 is 0 Å². The highest BCUT2D eigenvalue weighted by Crippen LogP contribution is 2.08. The average Bonchev–Trinajstić information content (AvgIpc) is 2.81. The lowest BCUT2D eigenvalue weighted by Gasteiger charge is -2.20. The quantitative estimate of drug-likeness (QED) is 0.543. The van der Waals surface area contributed by atoms with Crippen LogP contribution in [0.5, 0.6) is 0 Å².